The summed E-state index contributed by atoms with van der Waals surface area (Å²) in [6, 6.07) is 20.4. The number of hydrogen-bond donors (Lipinski definition) is 1. The Bertz CT molecular complexity index is 1270. The van der Waals surface area contributed by atoms with Crippen molar-refractivity contribution < 1.29 is 18.0 Å². The van der Waals surface area contributed by atoms with Crippen LogP contribution in [0.25, 0.3) is 5.69 Å². The van der Waals surface area contributed by atoms with Gasteiger partial charge in [-0.2, -0.15) is 4.31 Å². The average Bonchev–Trinajstić information content (AvgIpc) is 3.20. The van der Waals surface area contributed by atoms with E-state index in [-0.39, 0.29) is 37.2 Å². The molecule has 2 amide bonds. The van der Waals surface area contributed by atoms with E-state index in [1.54, 1.807) is 29.2 Å². The van der Waals surface area contributed by atoms with Crippen LogP contribution < -0.4 is 5.32 Å². The summed E-state index contributed by atoms with van der Waals surface area (Å²) in [6.45, 7) is 5.01. The number of amides is 2. The van der Waals surface area contributed by atoms with Crippen molar-refractivity contribution in [1.29, 1.82) is 0 Å². The highest BCUT2D eigenvalue weighted by Gasteiger charge is 2.29. The Morgan fingerprint density at radius 1 is 0.829 bits per heavy atom. The van der Waals surface area contributed by atoms with Crippen molar-refractivity contribution in [2.75, 3.05) is 32.7 Å². The third-order valence-corrected chi connectivity index (χ3v) is 8.09. The van der Waals surface area contributed by atoms with Gasteiger partial charge in [-0.15, -0.1) is 0 Å². The summed E-state index contributed by atoms with van der Waals surface area (Å²) in [6.07, 6.45) is 0. The molecule has 1 aromatic heterocycles. The predicted molar refractivity (Wildman–Crippen MR) is 135 cm³/mol. The van der Waals surface area contributed by atoms with E-state index in [1.807, 2.05) is 56.3 Å². The van der Waals surface area contributed by atoms with Gasteiger partial charge in [0.2, 0.25) is 15.9 Å². The van der Waals surface area contributed by atoms with Crippen LogP contribution in [-0.2, 0) is 20.6 Å². The van der Waals surface area contributed by atoms with Gasteiger partial charge >= 0.3 is 0 Å². The Balaban J connectivity index is 1.27. The van der Waals surface area contributed by atoms with Crippen LogP contribution in [0.5, 0.6) is 0 Å². The second kappa shape index (κ2) is 10.5. The summed E-state index contributed by atoms with van der Waals surface area (Å²) >= 11 is 0. The van der Waals surface area contributed by atoms with Crippen molar-refractivity contribution in [1.82, 2.24) is 19.1 Å². The molecule has 0 saturated carbocycles. The first kappa shape index (κ1) is 24.7. The van der Waals surface area contributed by atoms with Crippen molar-refractivity contribution >= 4 is 21.8 Å². The van der Waals surface area contributed by atoms with Crippen molar-refractivity contribution in [2.45, 2.75) is 19.6 Å². The van der Waals surface area contributed by atoms with Gasteiger partial charge in [-0.05, 0) is 55.8 Å². The van der Waals surface area contributed by atoms with Crippen LogP contribution in [-0.4, -0.2) is 66.7 Å². The van der Waals surface area contributed by atoms with Gasteiger partial charge in [0.05, 0.1) is 12.3 Å². The molecular formula is C26H30N4O4S. The molecule has 8 nitrogen and oxygen atoms in total. The highest BCUT2D eigenvalue weighted by Crippen LogP contribution is 2.17. The molecule has 1 N–H and O–H groups in total. The molecule has 1 aliphatic rings. The number of aryl methyl sites for hydroxylation is 2. The summed E-state index contributed by atoms with van der Waals surface area (Å²) in [5, 5.41) is 2.68. The SMILES string of the molecule is Cc1ccc(C)n1-c1ccc(C(=O)NCC(=O)N2CCN(S(=O)(=O)Cc3ccccc3)CC2)cc1. The lowest BCUT2D eigenvalue weighted by Crippen LogP contribution is -2.52. The van der Waals surface area contributed by atoms with Gasteiger partial charge in [0.1, 0.15) is 0 Å². The third-order valence-electron chi connectivity index (χ3n) is 6.24. The number of nitrogens with one attached hydrogen (secondary N) is 1. The van der Waals surface area contributed by atoms with Gasteiger partial charge in [0.25, 0.3) is 5.91 Å². The number of piperazine rings is 1. The number of nitrogens with zero attached hydrogens (tertiary/aromatic N) is 3. The Kier molecular flexibility index (Phi) is 7.37. The fraction of sp³-hybridized carbons (Fsp3) is 0.308. The first-order valence-electron chi connectivity index (χ1n) is 11.6. The molecule has 0 radical (unpaired) electrons. The zero-order valence-corrected chi connectivity index (χ0v) is 20.8. The fourth-order valence-electron chi connectivity index (χ4n) is 4.30. The number of aromatic nitrogens is 1. The van der Waals surface area contributed by atoms with Crippen molar-refractivity contribution in [3.63, 3.8) is 0 Å². The minimum atomic E-state index is -3.45. The van der Waals surface area contributed by atoms with Gasteiger partial charge in [-0.25, -0.2) is 8.42 Å². The van der Waals surface area contributed by atoms with Crippen LogP contribution in [0.1, 0.15) is 27.3 Å². The molecule has 0 spiro atoms. The Hall–Kier alpha value is -3.43. The molecule has 9 heteroatoms. The molecular weight excluding hydrogens is 464 g/mol. The highest BCUT2D eigenvalue weighted by atomic mass is 32.2. The molecule has 0 atom stereocenters. The molecule has 2 aromatic carbocycles. The van der Waals surface area contributed by atoms with Gasteiger partial charge < -0.3 is 14.8 Å². The van der Waals surface area contributed by atoms with Crippen LogP contribution in [0.2, 0.25) is 0 Å². The molecule has 1 saturated heterocycles. The average molecular weight is 495 g/mol. The van der Waals surface area contributed by atoms with Crippen molar-refractivity contribution in [3.05, 3.63) is 89.2 Å². The van der Waals surface area contributed by atoms with Crippen LogP contribution in [0.4, 0.5) is 0 Å². The third kappa shape index (κ3) is 5.80. The number of rotatable bonds is 7. The monoisotopic (exact) mass is 494 g/mol. The zero-order valence-electron chi connectivity index (χ0n) is 20.0. The normalized spacial score (nSPS) is 14.6. The number of benzene rings is 2. The largest absolute Gasteiger partial charge is 0.343 e. The molecule has 0 bridgehead atoms. The number of hydrogen-bond acceptors (Lipinski definition) is 4. The zero-order chi connectivity index (χ0) is 25.0. The smallest absolute Gasteiger partial charge is 0.251 e. The molecule has 184 valence electrons. The van der Waals surface area contributed by atoms with E-state index in [4.69, 9.17) is 0 Å². The lowest BCUT2D eigenvalue weighted by Gasteiger charge is -2.34. The quantitative estimate of drug-likeness (QED) is 0.546. The molecule has 1 fully saturated rings. The molecule has 2 heterocycles. The Morgan fingerprint density at radius 3 is 2.03 bits per heavy atom. The molecule has 0 unspecified atom stereocenters. The predicted octanol–water partition coefficient (Wildman–Crippen LogP) is 2.50. The van der Waals surface area contributed by atoms with Gasteiger partial charge in [-0.1, -0.05) is 30.3 Å². The second-order valence-electron chi connectivity index (χ2n) is 8.70. The topological polar surface area (TPSA) is 91.7 Å². The van der Waals surface area contributed by atoms with E-state index in [9.17, 15) is 18.0 Å². The Labute approximate surface area is 206 Å². The van der Waals surface area contributed by atoms with Gasteiger partial charge in [0, 0.05) is 48.8 Å². The van der Waals surface area contributed by atoms with E-state index >= 15 is 0 Å². The van der Waals surface area contributed by atoms with Crippen LogP contribution in [0.3, 0.4) is 0 Å². The minimum Gasteiger partial charge on any atom is -0.343 e. The standard InChI is InChI=1S/C26H30N4O4S/c1-20-8-9-21(2)30(20)24-12-10-23(11-13-24)26(32)27-18-25(31)28-14-16-29(17-15-28)35(33,34)19-22-6-4-3-5-7-22/h3-13H,14-19H2,1-2H3,(H,27,32). The van der Waals surface area contributed by atoms with Crippen molar-refractivity contribution in [2.24, 2.45) is 0 Å². The maximum Gasteiger partial charge on any atom is 0.251 e. The summed E-state index contributed by atoms with van der Waals surface area (Å²) in [4.78, 5) is 26.7. The van der Waals surface area contributed by atoms with Crippen LogP contribution in [0.15, 0.2) is 66.7 Å². The molecule has 35 heavy (non-hydrogen) atoms. The van der Waals surface area contributed by atoms with E-state index in [2.05, 4.69) is 9.88 Å². The summed E-state index contributed by atoms with van der Waals surface area (Å²) in [5.41, 5.74) is 4.40. The molecule has 3 aromatic rings. The first-order chi connectivity index (χ1) is 16.7. The highest BCUT2D eigenvalue weighted by molar-refractivity contribution is 7.88. The minimum absolute atomic E-state index is 0.0555. The van der Waals surface area contributed by atoms with E-state index in [0.717, 1.165) is 22.6 Å². The van der Waals surface area contributed by atoms with E-state index < -0.39 is 10.0 Å². The summed E-state index contributed by atoms with van der Waals surface area (Å²) in [5.74, 6) is -0.608. The molecule has 4 rings (SSSR count). The van der Waals surface area contributed by atoms with Crippen molar-refractivity contribution in [3.8, 4) is 5.69 Å². The maximum absolute atomic E-state index is 12.7. The molecule has 0 aliphatic carbocycles. The summed E-state index contributed by atoms with van der Waals surface area (Å²) < 4.78 is 28.9. The Morgan fingerprint density at radius 2 is 1.43 bits per heavy atom. The van der Waals surface area contributed by atoms with Crippen LogP contribution in [0, 0.1) is 13.8 Å². The molecule has 1 aliphatic heterocycles. The second-order valence-corrected chi connectivity index (χ2v) is 10.7. The summed E-state index contributed by atoms with van der Waals surface area (Å²) in [7, 11) is -3.45. The lowest BCUT2D eigenvalue weighted by molar-refractivity contribution is -0.131. The first-order valence-corrected chi connectivity index (χ1v) is 13.2. The van der Waals surface area contributed by atoms with Crippen LogP contribution >= 0.6 is 0 Å². The van der Waals surface area contributed by atoms with Gasteiger partial charge in [-0.3, -0.25) is 9.59 Å². The number of carbonyl (C=O) groups excluding carboxylic acids is 2. The number of carbonyl (C=O) groups is 2. The fourth-order valence-corrected chi connectivity index (χ4v) is 5.82. The number of sulfonamides is 1. The van der Waals surface area contributed by atoms with Gasteiger partial charge in [0.15, 0.2) is 0 Å². The lowest BCUT2D eigenvalue weighted by atomic mass is 10.2. The maximum atomic E-state index is 12.7. The van der Waals surface area contributed by atoms with E-state index in [0.29, 0.717) is 18.7 Å². The van der Waals surface area contributed by atoms with E-state index in [1.165, 1.54) is 4.31 Å².